The number of aryl methyl sites for hydroxylation is 1. The number of hydrogen-bond acceptors (Lipinski definition) is 2. The average molecular weight is 273 g/mol. The molecular formula is C14H18F3NO. The highest BCUT2D eigenvalue weighted by Gasteiger charge is 2.40. The van der Waals surface area contributed by atoms with Crippen molar-refractivity contribution < 1.29 is 17.9 Å². The maximum absolute atomic E-state index is 12.6. The third-order valence-corrected chi connectivity index (χ3v) is 3.61. The fourth-order valence-electron chi connectivity index (χ4n) is 2.56. The summed E-state index contributed by atoms with van der Waals surface area (Å²) in [6.07, 6.45) is -5.14. The van der Waals surface area contributed by atoms with Crippen molar-refractivity contribution in [2.75, 3.05) is 7.05 Å². The summed E-state index contributed by atoms with van der Waals surface area (Å²) in [5.74, 6) is 0. The van der Waals surface area contributed by atoms with Gasteiger partial charge in [-0.15, -0.1) is 0 Å². The molecule has 19 heavy (non-hydrogen) atoms. The van der Waals surface area contributed by atoms with E-state index in [0.29, 0.717) is 6.42 Å². The van der Waals surface area contributed by atoms with Crippen LogP contribution < -0.4 is 5.32 Å². The zero-order chi connectivity index (χ0) is 14.0. The van der Waals surface area contributed by atoms with E-state index in [1.807, 2.05) is 24.3 Å². The Bertz CT molecular complexity index is 433. The molecule has 1 aliphatic rings. The van der Waals surface area contributed by atoms with Gasteiger partial charge < -0.3 is 10.1 Å². The van der Waals surface area contributed by atoms with Crippen molar-refractivity contribution in [2.24, 2.45) is 0 Å². The predicted molar refractivity (Wildman–Crippen MR) is 67.0 cm³/mol. The predicted octanol–water partition coefficient (Wildman–Crippen LogP) is 3.23. The molecule has 0 aromatic heterocycles. The smallest absolute Gasteiger partial charge is 0.364 e. The first kappa shape index (κ1) is 14.3. The van der Waals surface area contributed by atoms with Crippen molar-refractivity contribution in [3.05, 3.63) is 35.4 Å². The molecule has 1 N–H and O–H groups in total. The van der Waals surface area contributed by atoms with Gasteiger partial charge in [0, 0.05) is 0 Å². The van der Waals surface area contributed by atoms with Crippen molar-refractivity contribution in [2.45, 2.75) is 44.2 Å². The van der Waals surface area contributed by atoms with Crippen LogP contribution in [-0.4, -0.2) is 25.4 Å². The Kier molecular flexibility index (Phi) is 4.16. The summed E-state index contributed by atoms with van der Waals surface area (Å²) in [5.41, 5.74) is 2.22. The fourth-order valence-corrected chi connectivity index (χ4v) is 2.56. The Morgan fingerprint density at radius 2 is 2.00 bits per heavy atom. The number of rotatable bonds is 3. The Balaban J connectivity index is 2.16. The van der Waals surface area contributed by atoms with Crippen molar-refractivity contribution in [3.8, 4) is 0 Å². The van der Waals surface area contributed by atoms with Crippen LogP contribution in [0.25, 0.3) is 0 Å². The summed E-state index contributed by atoms with van der Waals surface area (Å²) in [6, 6.07) is 7.63. The van der Waals surface area contributed by atoms with Crippen LogP contribution in [-0.2, 0) is 11.2 Å². The van der Waals surface area contributed by atoms with Gasteiger partial charge in [-0.25, -0.2) is 0 Å². The molecule has 0 amide bonds. The molecule has 0 saturated carbocycles. The summed E-state index contributed by atoms with van der Waals surface area (Å²) >= 11 is 0. The second-order valence-corrected chi connectivity index (χ2v) is 4.86. The lowest BCUT2D eigenvalue weighted by molar-refractivity contribution is -0.230. The molecule has 2 rings (SSSR count). The minimum Gasteiger partial charge on any atom is -0.364 e. The van der Waals surface area contributed by atoms with Crippen LogP contribution in [0, 0.1) is 0 Å². The number of hydrogen-bond donors (Lipinski definition) is 1. The van der Waals surface area contributed by atoms with Crippen LogP contribution in [0.2, 0.25) is 0 Å². The zero-order valence-electron chi connectivity index (χ0n) is 11.0. The molecule has 1 aliphatic carbocycles. The quantitative estimate of drug-likeness (QED) is 0.913. The van der Waals surface area contributed by atoms with Gasteiger partial charge in [-0.2, -0.15) is 13.2 Å². The van der Waals surface area contributed by atoms with Gasteiger partial charge in [-0.05, 0) is 37.9 Å². The first-order valence-electron chi connectivity index (χ1n) is 6.40. The van der Waals surface area contributed by atoms with Crippen LogP contribution in [0.15, 0.2) is 24.3 Å². The maximum Gasteiger partial charge on any atom is 0.414 e. The van der Waals surface area contributed by atoms with Gasteiger partial charge >= 0.3 is 6.18 Å². The lowest BCUT2D eigenvalue weighted by Gasteiger charge is -2.35. The summed E-state index contributed by atoms with van der Waals surface area (Å²) < 4.78 is 43.0. The molecule has 0 fully saturated rings. The van der Waals surface area contributed by atoms with Gasteiger partial charge in [0.15, 0.2) is 6.10 Å². The summed E-state index contributed by atoms with van der Waals surface area (Å²) in [7, 11) is 1.75. The highest BCUT2D eigenvalue weighted by molar-refractivity contribution is 5.33. The third-order valence-electron chi connectivity index (χ3n) is 3.61. The zero-order valence-corrected chi connectivity index (χ0v) is 11.0. The number of ether oxygens (including phenoxy) is 1. The van der Waals surface area contributed by atoms with Gasteiger partial charge in [0.25, 0.3) is 0 Å². The topological polar surface area (TPSA) is 21.3 Å². The molecule has 0 spiro atoms. The SMILES string of the molecule is CNC1c2ccccc2CCC1OC(C)C(F)(F)F. The van der Waals surface area contributed by atoms with Gasteiger partial charge in [0.1, 0.15) is 0 Å². The number of nitrogens with one attached hydrogen (secondary N) is 1. The van der Waals surface area contributed by atoms with E-state index in [1.165, 1.54) is 5.56 Å². The van der Waals surface area contributed by atoms with E-state index in [1.54, 1.807) is 7.05 Å². The molecule has 0 heterocycles. The molecule has 1 aromatic rings. The molecule has 0 bridgehead atoms. The average Bonchev–Trinajstić information content (AvgIpc) is 2.37. The Morgan fingerprint density at radius 1 is 1.32 bits per heavy atom. The van der Waals surface area contributed by atoms with E-state index in [4.69, 9.17) is 4.74 Å². The molecule has 106 valence electrons. The first-order valence-corrected chi connectivity index (χ1v) is 6.40. The lowest BCUT2D eigenvalue weighted by Crippen LogP contribution is -2.41. The van der Waals surface area contributed by atoms with Crippen LogP contribution >= 0.6 is 0 Å². The normalized spacial score (nSPS) is 24.9. The van der Waals surface area contributed by atoms with Crippen molar-refractivity contribution in [1.82, 2.24) is 5.32 Å². The monoisotopic (exact) mass is 273 g/mol. The molecular weight excluding hydrogens is 255 g/mol. The summed E-state index contributed by atoms with van der Waals surface area (Å²) in [5, 5.41) is 3.07. The van der Waals surface area contributed by atoms with Crippen molar-refractivity contribution >= 4 is 0 Å². The largest absolute Gasteiger partial charge is 0.414 e. The third kappa shape index (κ3) is 3.09. The van der Waals surface area contributed by atoms with Crippen LogP contribution in [0.1, 0.15) is 30.5 Å². The molecule has 3 atom stereocenters. The Morgan fingerprint density at radius 3 is 2.63 bits per heavy atom. The molecule has 0 radical (unpaired) electrons. The molecule has 0 saturated heterocycles. The summed E-state index contributed by atoms with van der Waals surface area (Å²) in [6.45, 7) is 1.06. The van der Waals surface area contributed by atoms with Crippen molar-refractivity contribution in [1.29, 1.82) is 0 Å². The molecule has 0 aliphatic heterocycles. The van der Waals surface area contributed by atoms with Crippen LogP contribution in [0.4, 0.5) is 13.2 Å². The van der Waals surface area contributed by atoms with Gasteiger partial charge in [0.2, 0.25) is 0 Å². The van der Waals surface area contributed by atoms with E-state index in [-0.39, 0.29) is 6.04 Å². The van der Waals surface area contributed by atoms with Gasteiger partial charge in [-0.1, -0.05) is 24.3 Å². The Labute approximate surface area is 111 Å². The van der Waals surface area contributed by atoms with E-state index >= 15 is 0 Å². The standard InChI is InChI=1S/C14H18F3NO/c1-9(14(15,16)17)19-12-8-7-10-5-3-4-6-11(10)13(12)18-2/h3-6,9,12-13,18H,7-8H2,1-2H3. The molecule has 1 aromatic carbocycles. The minimum absolute atomic E-state index is 0.185. The number of benzene rings is 1. The number of likely N-dealkylation sites (N-methyl/N-ethyl adjacent to an activating group) is 1. The second kappa shape index (κ2) is 5.51. The van der Waals surface area contributed by atoms with Crippen molar-refractivity contribution in [3.63, 3.8) is 0 Å². The highest BCUT2D eigenvalue weighted by atomic mass is 19.4. The maximum atomic E-state index is 12.6. The minimum atomic E-state index is -4.31. The fraction of sp³-hybridized carbons (Fsp3) is 0.571. The van der Waals surface area contributed by atoms with Crippen LogP contribution in [0.3, 0.4) is 0 Å². The van der Waals surface area contributed by atoms with E-state index in [9.17, 15) is 13.2 Å². The van der Waals surface area contributed by atoms with Gasteiger partial charge in [-0.3, -0.25) is 0 Å². The molecule has 2 nitrogen and oxygen atoms in total. The number of halogens is 3. The lowest BCUT2D eigenvalue weighted by atomic mass is 9.85. The number of alkyl halides is 3. The first-order chi connectivity index (χ1) is 8.93. The highest BCUT2D eigenvalue weighted by Crippen LogP contribution is 2.34. The van der Waals surface area contributed by atoms with Crippen LogP contribution in [0.5, 0.6) is 0 Å². The Hall–Kier alpha value is -1.07. The van der Waals surface area contributed by atoms with E-state index in [2.05, 4.69) is 5.32 Å². The summed E-state index contributed by atoms with van der Waals surface area (Å²) in [4.78, 5) is 0. The number of fused-ring (bicyclic) bond motifs is 1. The van der Waals surface area contributed by atoms with E-state index in [0.717, 1.165) is 18.9 Å². The van der Waals surface area contributed by atoms with E-state index < -0.39 is 18.4 Å². The van der Waals surface area contributed by atoms with Gasteiger partial charge in [0.05, 0.1) is 12.1 Å². The molecule has 3 unspecified atom stereocenters. The second-order valence-electron chi connectivity index (χ2n) is 4.86. The molecule has 5 heteroatoms.